The minimum absolute atomic E-state index is 0.237. The van der Waals surface area contributed by atoms with Crippen LogP contribution in [0.4, 0.5) is 5.69 Å². The molecule has 25 heavy (non-hydrogen) atoms. The van der Waals surface area contributed by atoms with Gasteiger partial charge in [0.2, 0.25) is 0 Å². The van der Waals surface area contributed by atoms with E-state index in [2.05, 4.69) is 19.2 Å². The van der Waals surface area contributed by atoms with Gasteiger partial charge in [-0.15, -0.1) is 0 Å². The Balaban J connectivity index is 1.74. The van der Waals surface area contributed by atoms with Crippen LogP contribution in [0, 0.1) is 6.92 Å². The molecule has 0 aromatic heterocycles. The van der Waals surface area contributed by atoms with Crippen LogP contribution in [0.2, 0.25) is 0 Å². The highest BCUT2D eigenvalue weighted by molar-refractivity contribution is 5.92. The number of carbonyl (C=O) groups is 2. The van der Waals surface area contributed by atoms with Crippen molar-refractivity contribution in [2.24, 2.45) is 0 Å². The van der Waals surface area contributed by atoms with Gasteiger partial charge in [0.05, 0.1) is 0 Å². The van der Waals surface area contributed by atoms with Gasteiger partial charge in [-0.25, -0.2) is 4.79 Å². The molecule has 0 aliphatic carbocycles. The van der Waals surface area contributed by atoms with Crippen LogP contribution in [-0.2, 0) is 14.3 Å². The fraction of sp³-hybridized carbons (Fsp3) is 0.300. The van der Waals surface area contributed by atoms with E-state index in [4.69, 9.17) is 9.47 Å². The van der Waals surface area contributed by atoms with Crippen molar-refractivity contribution in [1.82, 2.24) is 0 Å². The number of benzene rings is 2. The zero-order valence-corrected chi connectivity index (χ0v) is 14.7. The molecule has 1 N–H and O–H groups in total. The van der Waals surface area contributed by atoms with Crippen molar-refractivity contribution in [2.75, 3.05) is 18.5 Å². The maximum atomic E-state index is 11.9. The topological polar surface area (TPSA) is 64.6 Å². The Kier molecular flexibility index (Phi) is 6.57. The lowest BCUT2D eigenvalue weighted by Crippen LogP contribution is -2.23. The number of rotatable bonds is 7. The van der Waals surface area contributed by atoms with E-state index in [1.54, 1.807) is 18.2 Å². The smallest absolute Gasteiger partial charge is 0.344 e. The van der Waals surface area contributed by atoms with Gasteiger partial charge in [-0.1, -0.05) is 43.7 Å². The van der Waals surface area contributed by atoms with Crippen LogP contribution < -0.4 is 10.1 Å². The maximum absolute atomic E-state index is 11.9. The van der Waals surface area contributed by atoms with Gasteiger partial charge in [0.25, 0.3) is 5.91 Å². The average Bonchev–Trinajstić information content (AvgIpc) is 2.59. The molecule has 2 aromatic rings. The lowest BCUT2D eigenvalue weighted by molar-refractivity contribution is -0.149. The molecular formula is C20H23NO4. The third-order valence-corrected chi connectivity index (χ3v) is 3.58. The molecule has 0 bridgehead atoms. The van der Waals surface area contributed by atoms with E-state index >= 15 is 0 Å². The quantitative estimate of drug-likeness (QED) is 0.780. The third kappa shape index (κ3) is 6.30. The number of hydrogen-bond donors (Lipinski definition) is 1. The van der Waals surface area contributed by atoms with Gasteiger partial charge < -0.3 is 14.8 Å². The monoisotopic (exact) mass is 341 g/mol. The zero-order valence-electron chi connectivity index (χ0n) is 14.7. The van der Waals surface area contributed by atoms with E-state index in [9.17, 15) is 9.59 Å². The molecule has 132 valence electrons. The van der Waals surface area contributed by atoms with E-state index in [-0.39, 0.29) is 19.1 Å². The maximum Gasteiger partial charge on any atom is 0.344 e. The van der Waals surface area contributed by atoms with Gasteiger partial charge in [-0.2, -0.15) is 0 Å². The summed E-state index contributed by atoms with van der Waals surface area (Å²) >= 11 is 0. The summed E-state index contributed by atoms with van der Waals surface area (Å²) in [6.07, 6.45) is 0. The lowest BCUT2D eigenvalue weighted by atomic mass is 10.0. The lowest BCUT2D eigenvalue weighted by Gasteiger charge is -2.10. The van der Waals surface area contributed by atoms with Crippen LogP contribution in [0.15, 0.2) is 48.5 Å². The predicted octanol–water partition coefficient (Wildman–Crippen LogP) is 3.68. The SMILES string of the molecule is Cc1ccc(OCC(=O)OCC(=O)Nc2cccc(C(C)C)c2)cc1. The molecule has 0 heterocycles. The summed E-state index contributed by atoms with van der Waals surface area (Å²) in [5.74, 6) is -0.0256. The first kappa shape index (κ1) is 18.5. The first-order valence-electron chi connectivity index (χ1n) is 8.19. The Morgan fingerprint density at radius 1 is 1.04 bits per heavy atom. The second kappa shape index (κ2) is 8.87. The van der Waals surface area contributed by atoms with Crippen molar-refractivity contribution < 1.29 is 19.1 Å². The number of hydrogen-bond acceptors (Lipinski definition) is 4. The summed E-state index contributed by atoms with van der Waals surface area (Å²) in [5, 5.41) is 2.72. The van der Waals surface area contributed by atoms with E-state index in [1.807, 2.05) is 37.3 Å². The van der Waals surface area contributed by atoms with Gasteiger partial charge in [-0.3, -0.25) is 4.79 Å². The van der Waals surface area contributed by atoms with Gasteiger partial charge in [-0.05, 0) is 42.7 Å². The number of carbonyl (C=O) groups excluding carboxylic acids is 2. The second-order valence-electron chi connectivity index (χ2n) is 6.09. The summed E-state index contributed by atoms with van der Waals surface area (Å²) in [6, 6.07) is 14.9. The first-order chi connectivity index (χ1) is 11.9. The minimum atomic E-state index is -0.591. The van der Waals surface area contributed by atoms with Crippen molar-refractivity contribution in [1.29, 1.82) is 0 Å². The highest BCUT2D eigenvalue weighted by Gasteiger charge is 2.09. The molecule has 0 saturated heterocycles. The number of esters is 1. The molecule has 0 radical (unpaired) electrons. The molecule has 0 aliphatic rings. The normalized spacial score (nSPS) is 10.4. The van der Waals surface area contributed by atoms with Crippen molar-refractivity contribution in [3.05, 3.63) is 59.7 Å². The van der Waals surface area contributed by atoms with Crippen molar-refractivity contribution in [2.45, 2.75) is 26.7 Å². The zero-order chi connectivity index (χ0) is 18.2. The molecule has 5 heteroatoms. The minimum Gasteiger partial charge on any atom is -0.482 e. The highest BCUT2D eigenvalue weighted by atomic mass is 16.6. The Morgan fingerprint density at radius 2 is 1.76 bits per heavy atom. The number of aryl methyl sites for hydroxylation is 1. The van der Waals surface area contributed by atoms with E-state index < -0.39 is 5.97 Å². The Bertz CT molecular complexity index is 723. The van der Waals surface area contributed by atoms with Crippen molar-refractivity contribution in [3.63, 3.8) is 0 Å². The second-order valence-corrected chi connectivity index (χ2v) is 6.09. The summed E-state index contributed by atoms with van der Waals surface area (Å²) < 4.78 is 10.2. The van der Waals surface area contributed by atoms with Crippen LogP contribution in [0.25, 0.3) is 0 Å². The van der Waals surface area contributed by atoms with Gasteiger partial charge in [0, 0.05) is 5.69 Å². The summed E-state index contributed by atoms with van der Waals surface area (Å²) in [4.78, 5) is 23.5. The molecule has 2 rings (SSSR count). The van der Waals surface area contributed by atoms with Crippen LogP contribution >= 0.6 is 0 Å². The van der Waals surface area contributed by atoms with E-state index in [1.165, 1.54) is 0 Å². The highest BCUT2D eigenvalue weighted by Crippen LogP contribution is 2.18. The fourth-order valence-electron chi connectivity index (χ4n) is 2.14. The van der Waals surface area contributed by atoms with E-state index in [0.29, 0.717) is 17.4 Å². The standard InChI is InChI=1S/C20H23NO4/c1-14(2)16-5-4-6-17(11-16)21-19(22)12-25-20(23)13-24-18-9-7-15(3)8-10-18/h4-11,14H,12-13H2,1-3H3,(H,21,22). The van der Waals surface area contributed by atoms with Crippen LogP contribution in [0.3, 0.4) is 0 Å². The summed E-state index contributed by atoms with van der Waals surface area (Å²) in [7, 11) is 0. The molecular weight excluding hydrogens is 318 g/mol. The van der Waals surface area contributed by atoms with Gasteiger partial charge >= 0.3 is 5.97 Å². The number of anilines is 1. The summed E-state index contributed by atoms with van der Waals surface area (Å²) in [6.45, 7) is 5.54. The molecule has 0 saturated carbocycles. The molecule has 0 unspecified atom stereocenters. The predicted molar refractivity (Wildman–Crippen MR) is 96.8 cm³/mol. The Hall–Kier alpha value is -2.82. The molecule has 0 fully saturated rings. The molecule has 1 amide bonds. The first-order valence-corrected chi connectivity index (χ1v) is 8.19. The van der Waals surface area contributed by atoms with Crippen molar-refractivity contribution in [3.8, 4) is 5.75 Å². The molecule has 0 aliphatic heterocycles. The fourth-order valence-corrected chi connectivity index (χ4v) is 2.14. The number of nitrogens with one attached hydrogen (secondary N) is 1. The number of ether oxygens (including phenoxy) is 2. The van der Waals surface area contributed by atoms with Crippen LogP contribution in [0.1, 0.15) is 30.9 Å². The van der Waals surface area contributed by atoms with Crippen LogP contribution in [-0.4, -0.2) is 25.1 Å². The number of amides is 1. The van der Waals surface area contributed by atoms with Gasteiger partial charge in [0.15, 0.2) is 13.2 Å². The average molecular weight is 341 g/mol. The third-order valence-electron chi connectivity index (χ3n) is 3.58. The van der Waals surface area contributed by atoms with Crippen LogP contribution in [0.5, 0.6) is 5.75 Å². The van der Waals surface area contributed by atoms with Gasteiger partial charge in [0.1, 0.15) is 5.75 Å². The molecule has 0 atom stereocenters. The summed E-state index contributed by atoms with van der Waals surface area (Å²) in [5.41, 5.74) is 2.91. The largest absolute Gasteiger partial charge is 0.482 e. The van der Waals surface area contributed by atoms with Crippen molar-refractivity contribution >= 4 is 17.6 Å². The molecule has 0 spiro atoms. The molecule has 5 nitrogen and oxygen atoms in total. The Morgan fingerprint density at radius 3 is 2.44 bits per heavy atom. The van der Waals surface area contributed by atoms with E-state index in [0.717, 1.165) is 11.1 Å². The molecule has 2 aromatic carbocycles. The Labute approximate surface area is 148 Å².